The molecule has 0 unspecified atom stereocenters. The van der Waals surface area contributed by atoms with Gasteiger partial charge in [0.2, 0.25) is 0 Å². The molecule has 0 amide bonds. The van der Waals surface area contributed by atoms with E-state index in [0.717, 1.165) is 0 Å². The van der Waals surface area contributed by atoms with E-state index in [-0.39, 0.29) is 23.8 Å². The maximum Gasteiger partial charge on any atom is 0.307 e. The molecule has 0 atom stereocenters. The Kier molecular flexibility index (Phi) is 5.46. The van der Waals surface area contributed by atoms with Crippen LogP contribution in [0.2, 0.25) is 0 Å². The second-order valence-corrected chi connectivity index (χ2v) is 7.57. The van der Waals surface area contributed by atoms with Crippen molar-refractivity contribution >= 4 is 15.8 Å². The van der Waals surface area contributed by atoms with Crippen LogP contribution in [0.3, 0.4) is 0 Å². The predicted octanol–water partition coefficient (Wildman–Crippen LogP) is 1.79. The van der Waals surface area contributed by atoms with Crippen LogP contribution in [0, 0.1) is 5.92 Å². The summed E-state index contributed by atoms with van der Waals surface area (Å²) in [5.74, 6) is -0.376. The third-order valence-corrected chi connectivity index (χ3v) is 3.63. The highest BCUT2D eigenvalue weighted by Gasteiger charge is 2.20. The van der Waals surface area contributed by atoms with Gasteiger partial charge in [0, 0.05) is 0 Å². The Labute approximate surface area is 98.3 Å². The quantitative estimate of drug-likeness (QED) is 0.698. The van der Waals surface area contributed by atoms with Crippen LogP contribution in [0.4, 0.5) is 0 Å². The van der Waals surface area contributed by atoms with Crippen molar-refractivity contribution in [3.05, 3.63) is 0 Å². The standard InChI is InChI=1S/C11H22O4S/c1-9(2)8-16(13,14)7-6-10(12)15-11(3,4)5/h9H,6-8H2,1-5H3. The molecule has 0 bridgehead atoms. The van der Waals surface area contributed by atoms with Crippen molar-refractivity contribution in [3.63, 3.8) is 0 Å². The number of rotatable bonds is 5. The van der Waals surface area contributed by atoms with Crippen LogP contribution < -0.4 is 0 Å². The molecule has 5 heteroatoms. The van der Waals surface area contributed by atoms with Crippen LogP contribution >= 0.6 is 0 Å². The summed E-state index contributed by atoms with van der Waals surface area (Å²) in [7, 11) is -3.13. The third-order valence-electron chi connectivity index (χ3n) is 1.62. The molecule has 0 aliphatic carbocycles. The van der Waals surface area contributed by atoms with Gasteiger partial charge in [-0.2, -0.15) is 0 Å². The van der Waals surface area contributed by atoms with E-state index in [9.17, 15) is 13.2 Å². The normalized spacial score (nSPS) is 12.9. The molecular formula is C11H22O4S. The van der Waals surface area contributed by atoms with Gasteiger partial charge in [0.05, 0.1) is 17.9 Å². The number of ether oxygens (including phenoxy) is 1. The SMILES string of the molecule is CC(C)CS(=O)(=O)CCC(=O)OC(C)(C)C. The predicted molar refractivity (Wildman–Crippen MR) is 64.0 cm³/mol. The highest BCUT2D eigenvalue weighted by Crippen LogP contribution is 2.09. The lowest BCUT2D eigenvalue weighted by atomic mass is 10.2. The molecular weight excluding hydrogens is 228 g/mol. The first-order valence-corrected chi connectivity index (χ1v) is 7.26. The van der Waals surface area contributed by atoms with Gasteiger partial charge in [-0.05, 0) is 26.7 Å². The van der Waals surface area contributed by atoms with Gasteiger partial charge in [-0.25, -0.2) is 8.42 Å². The summed E-state index contributed by atoms with van der Waals surface area (Å²) in [5, 5.41) is 0. The van der Waals surface area contributed by atoms with E-state index in [1.807, 2.05) is 13.8 Å². The van der Waals surface area contributed by atoms with Crippen molar-refractivity contribution in [1.82, 2.24) is 0 Å². The number of hydrogen-bond donors (Lipinski definition) is 0. The fourth-order valence-corrected chi connectivity index (χ4v) is 2.88. The Bertz CT molecular complexity index is 322. The molecule has 0 saturated heterocycles. The van der Waals surface area contributed by atoms with E-state index in [1.54, 1.807) is 20.8 Å². The van der Waals surface area contributed by atoms with E-state index < -0.39 is 21.4 Å². The summed E-state index contributed by atoms with van der Waals surface area (Å²) in [6.07, 6.45) is -0.0632. The molecule has 0 spiro atoms. The first-order chi connectivity index (χ1) is 7.02. The molecule has 0 aliphatic heterocycles. The Balaban J connectivity index is 4.11. The Morgan fingerprint density at radius 2 is 1.75 bits per heavy atom. The van der Waals surface area contributed by atoms with Crippen molar-refractivity contribution < 1.29 is 17.9 Å². The van der Waals surface area contributed by atoms with Gasteiger partial charge in [-0.15, -0.1) is 0 Å². The topological polar surface area (TPSA) is 60.4 Å². The Morgan fingerprint density at radius 3 is 2.12 bits per heavy atom. The molecule has 0 radical (unpaired) electrons. The summed E-state index contributed by atoms with van der Waals surface area (Å²) in [5.41, 5.74) is -0.557. The van der Waals surface area contributed by atoms with Gasteiger partial charge >= 0.3 is 5.97 Å². The Hall–Kier alpha value is -0.580. The fraction of sp³-hybridized carbons (Fsp3) is 0.909. The number of esters is 1. The lowest BCUT2D eigenvalue weighted by Crippen LogP contribution is -2.26. The number of sulfone groups is 1. The van der Waals surface area contributed by atoms with Crippen LogP contribution in [0.15, 0.2) is 0 Å². The van der Waals surface area contributed by atoms with Crippen molar-refractivity contribution in [2.45, 2.75) is 46.6 Å². The minimum atomic E-state index is -3.13. The highest BCUT2D eigenvalue weighted by molar-refractivity contribution is 7.91. The smallest absolute Gasteiger partial charge is 0.307 e. The van der Waals surface area contributed by atoms with E-state index in [0.29, 0.717) is 0 Å². The average molecular weight is 250 g/mol. The molecule has 0 aromatic heterocycles. The van der Waals surface area contributed by atoms with Gasteiger partial charge < -0.3 is 4.74 Å². The molecule has 0 N–H and O–H groups in total. The van der Waals surface area contributed by atoms with Crippen molar-refractivity contribution in [3.8, 4) is 0 Å². The molecule has 0 aromatic rings. The maximum absolute atomic E-state index is 11.5. The zero-order valence-corrected chi connectivity index (χ0v) is 11.6. The van der Waals surface area contributed by atoms with E-state index in [1.165, 1.54) is 0 Å². The summed E-state index contributed by atoms with van der Waals surface area (Å²) in [6, 6.07) is 0. The van der Waals surface area contributed by atoms with Crippen molar-refractivity contribution in [1.29, 1.82) is 0 Å². The van der Waals surface area contributed by atoms with Crippen molar-refractivity contribution in [2.75, 3.05) is 11.5 Å². The van der Waals surface area contributed by atoms with E-state index in [2.05, 4.69) is 0 Å². The average Bonchev–Trinajstić information content (AvgIpc) is 1.95. The summed E-state index contributed by atoms with van der Waals surface area (Å²) < 4.78 is 28.0. The molecule has 0 saturated carbocycles. The molecule has 0 rings (SSSR count). The molecule has 0 fully saturated rings. The van der Waals surface area contributed by atoms with Crippen LogP contribution in [-0.4, -0.2) is 31.5 Å². The number of carbonyl (C=O) groups is 1. The van der Waals surface area contributed by atoms with Gasteiger partial charge in [-0.1, -0.05) is 13.8 Å². The van der Waals surface area contributed by atoms with Gasteiger partial charge in [0.25, 0.3) is 0 Å². The molecule has 96 valence electrons. The number of carbonyl (C=O) groups excluding carboxylic acids is 1. The summed E-state index contributed by atoms with van der Waals surface area (Å²) in [4.78, 5) is 11.3. The third kappa shape index (κ3) is 8.71. The highest BCUT2D eigenvalue weighted by atomic mass is 32.2. The number of hydrogen-bond acceptors (Lipinski definition) is 4. The molecule has 16 heavy (non-hydrogen) atoms. The lowest BCUT2D eigenvalue weighted by molar-refractivity contribution is -0.154. The van der Waals surface area contributed by atoms with E-state index in [4.69, 9.17) is 4.74 Å². The van der Waals surface area contributed by atoms with Crippen molar-refractivity contribution in [2.24, 2.45) is 5.92 Å². The second kappa shape index (κ2) is 5.66. The second-order valence-electron chi connectivity index (χ2n) is 5.34. The van der Waals surface area contributed by atoms with Crippen LogP contribution in [0.5, 0.6) is 0 Å². The fourth-order valence-electron chi connectivity index (χ4n) is 1.22. The zero-order chi connectivity index (χ0) is 13.0. The summed E-state index contributed by atoms with van der Waals surface area (Å²) >= 11 is 0. The molecule has 0 heterocycles. The Morgan fingerprint density at radius 1 is 1.25 bits per heavy atom. The maximum atomic E-state index is 11.5. The molecule has 0 aliphatic rings. The van der Waals surface area contributed by atoms with E-state index >= 15 is 0 Å². The first kappa shape index (κ1) is 15.4. The largest absolute Gasteiger partial charge is 0.460 e. The van der Waals surface area contributed by atoms with Gasteiger partial charge in [-0.3, -0.25) is 4.79 Å². The van der Waals surface area contributed by atoms with Crippen LogP contribution in [-0.2, 0) is 19.4 Å². The zero-order valence-electron chi connectivity index (χ0n) is 10.7. The van der Waals surface area contributed by atoms with Crippen LogP contribution in [0.25, 0.3) is 0 Å². The summed E-state index contributed by atoms with van der Waals surface area (Å²) in [6.45, 7) is 8.95. The molecule has 0 aromatic carbocycles. The van der Waals surface area contributed by atoms with Gasteiger partial charge in [0.1, 0.15) is 5.60 Å². The lowest BCUT2D eigenvalue weighted by Gasteiger charge is -2.19. The first-order valence-electron chi connectivity index (χ1n) is 5.44. The monoisotopic (exact) mass is 250 g/mol. The minimum absolute atomic E-state index is 0.0632. The van der Waals surface area contributed by atoms with Crippen LogP contribution in [0.1, 0.15) is 41.0 Å². The van der Waals surface area contributed by atoms with Gasteiger partial charge in [0.15, 0.2) is 9.84 Å². The minimum Gasteiger partial charge on any atom is -0.460 e. The molecule has 4 nitrogen and oxygen atoms in total.